The fraction of sp³-hybridized carbons (Fsp3) is 0.381. The second-order valence-corrected chi connectivity index (χ2v) is 7.68. The van der Waals surface area contributed by atoms with Gasteiger partial charge in [-0.2, -0.15) is 13.2 Å². The monoisotopic (exact) mass is 418 g/mol. The van der Waals surface area contributed by atoms with Crippen LogP contribution in [0.2, 0.25) is 0 Å². The summed E-state index contributed by atoms with van der Waals surface area (Å²) in [4.78, 5) is 22.2. The van der Waals surface area contributed by atoms with Crippen molar-refractivity contribution < 1.29 is 22.8 Å². The lowest BCUT2D eigenvalue weighted by atomic mass is 9.81. The van der Waals surface area contributed by atoms with Crippen LogP contribution < -0.4 is 11.1 Å². The minimum absolute atomic E-state index is 0.0705. The number of halogens is 3. The Labute approximate surface area is 171 Å². The number of nitrogens with zero attached hydrogens (tertiary/aromatic N) is 2. The summed E-state index contributed by atoms with van der Waals surface area (Å²) in [7, 11) is 0. The van der Waals surface area contributed by atoms with Gasteiger partial charge in [-0.3, -0.25) is 4.79 Å². The molecule has 1 amide bonds. The average molecular weight is 418 g/mol. The van der Waals surface area contributed by atoms with E-state index in [4.69, 9.17) is 10.6 Å². The number of carbonyl (C=O) groups is 1. The normalized spacial score (nSPS) is 18.0. The molecule has 1 saturated carbocycles. The average Bonchev–Trinajstić information content (AvgIpc) is 3.13. The molecule has 2 aliphatic rings. The van der Waals surface area contributed by atoms with Gasteiger partial charge in [0.05, 0.1) is 16.9 Å². The number of alkyl halides is 3. The molecule has 1 aromatic heterocycles. The molecule has 4 rings (SSSR count). The third kappa shape index (κ3) is 3.96. The molecular formula is C21H21F3N4O2. The van der Waals surface area contributed by atoms with Crippen molar-refractivity contribution in [2.24, 2.45) is 5.16 Å². The van der Waals surface area contributed by atoms with Crippen molar-refractivity contribution in [3.63, 3.8) is 0 Å². The van der Waals surface area contributed by atoms with Gasteiger partial charge in [-0.05, 0) is 43.9 Å². The van der Waals surface area contributed by atoms with E-state index in [1.54, 1.807) is 0 Å². The van der Waals surface area contributed by atoms with E-state index in [2.05, 4.69) is 15.5 Å². The topological polar surface area (TPSA) is 89.6 Å². The van der Waals surface area contributed by atoms with Crippen LogP contribution in [0.4, 0.5) is 24.7 Å². The van der Waals surface area contributed by atoms with Crippen LogP contribution in [0.3, 0.4) is 0 Å². The van der Waals surface area contributed by atoms with E-state index < -0.39 is 17.6 Å². The van der Waals surface area contributed by atoms with E-state index >= 15 is 0 Å². The fourth-order valence-corrected chi connectivity index (χ4v) is 3.99. The smallest absolute Gasteiger partial charge is 0.388 e. The molecule has 2 heterocycles. The summed E-state index contributed by atoms with van der Waals surface area (Å²) in [5, 5.41) is 6.60. The first kappa shape index (κ1) is 20.2. The van der Waals surface area contributed by atoms with E-state index in [-0.39, 0.29) is 34.1 Å². The number of rotatable bonds is 3. The quantitative estimate of drug-likeness (QED) is 0.752. The largest absolute Gasteiger partial charge is 0.417 e. The Bertz CT molecular complexity index is 998. The number of hydrogen-bond donors (Lipinski definition) is 2. The van der Waals surface area contributed by atoms with E-state index in [9.17, 15) is 18.0 Å². The molecule has 1 aliphatic carbocycles. The standard InChI is InChI=1S/C21H21F3N4O2/c22-21(23,24)14-7-3-2-6-13(14)15-8-9-16(18(25)26-15)27-19(29)17-12-20(30-28-17)10-4-1-5-11-20/h2-3,6-9H,1,4-5,10-12H2,(H2,25,26)(H,27,29). The Kier molecular flexibility index (Phi) is 5.13. The molecule has 1 aliphatic heterocycles. The molecule has 0 unspecified atom stereocenters. The Morgan fingerprint density at radius 3 is 2.53 bits per heavy atom. The minimum atomic E-state index is -4.52. The Morgan fingerprint density at radius 1 is 1.10 bits per heavy atom. The summed E-state index contributed by atoms with van der Waals surface area (Å²) in [5.41, 5.74) is 5.21. The van der Waals surface area contributed by atoms with Crippen LogP contribution in [-0.2, 0) is 15.8 Å². The number of nitrogens with one attached hydrogen (secondary N) is 1. The third-order valence-electron chi connectivity index (χ3n) is 5.55. The molecule has 0 saturated heterocycles. The summed E-state index contributed by atoms with van der Waals surface area (Å²) >= 11 is 0. The predicted molar refractivity (Wildman–Crippen MR) is 107 cm³/mol. The lowest BCUT2D eigenvalue weighted by Gasteiger charge is -2.30. The molecule has 6 nitrogen and oxygen atoms in total. The molecule has 1 spiro atoms. The van der Waals surface area contributed by atoms with Gasteiger partial charge in [0, 0.05) is 12.0 Å². The summed E-state index contributed by atoms with van der Waals surface area (Å²) in [6.45, 7) is 0. The van der Waals surface area contributed by atoms with Gasteiger partial charge in [-0.15, -0.1) is 0 Å². The van der Waals surface area contributed by atoms with Crippen molar-refractivity contribution >= 4 is 23.1 Å². The first-order valence-corrected chi connectivity index (χ1v) is 9.77. The van der Waals surface area contributed by atoms with Crippen molar-refractivity contribution in [2.45, 2.75) is 50.3 Å². The van der Waals surface area contributed by atoms with Crippen LogP contribution >= 0.6 is 0 Å². The number of pyridine rings is 1. The van der Waals surface area contributed by atoms with E-state index in [1.165, 1.54) is 30.3 Å². The van der Waals surface area contributed by atoms with Crippen molar-refractivity contribution in [1.82, 2.24) is 4.98 Å². The fourth-order valence-electron chi connectivity index (χ4n) is 3.99. The van der Waals surface area contributed by atoms with Crippen molar-refractivity contribution in [2.75, 3.05) is 11.1 Å². The highest BCUT2D eigenvalue weighted by Gasteiger charge is 2.42. The molecular weight excluding hydrogens is 397 g/mol. The van der Waals surface area contributed by atoms with Gasteiger partial charge in [0.25, 0.3) is 5.91 Å². The lowest BCUT2D eigenvalue weighted by molar-refractivity contribution is -0.137. The number of nitrogens with two attached hydrogens (primary N) is 1. The molecule has 30 heavy (non-hydrogen) atoms. The molecule has 9 heteroatoms. The SMILES string of the molecule is Nc1nc(-c2ccccc2C(F)(F)F)ccc1NC(=O)C1=NOC2(CCCCC2)C1. The number of anilines is 2. The van der Waals surface area contributed by atoms with Crippen LogP contribution in [0.15, 0.2) is 41.6 Å². The third-order valence-corrected chi connectivity index (χ3v) is 5.55. The van der Waals surface area contributed by atoms with Crippen LogP contribution in [0.5, 0.6) is 0 Å². The Hall–Kier alpha value is -3.10. The van der Waals surface area contributed by atoms with Crippen molar-refractivity contribution in [3.8, 4) is 11.3 Å². The first-order chi connectivity index (χ1) is 14.3. The molecule has 2 aromatic rings. The number of carbonyl (C=O) groups excluding carboxylic acids is 1. The maximum atomic E-state index is 13.3. The van der Waals surface area contributed by atoms with Gasteiger partial charge >= 0.3 is 6.18 Å². The first-order valence-electron chi connectivity index (χ1n) is 9.77. The molecule has 0 atom stereocenters. The van der Waals surface area contributed by atoms with Crippen LogP contribution in [0, 0.1) is 0 Å². The number of amides is 1. The van der Waals surface area contributed by atoms with Gasteiger partial charge in [0.2, 0.25) is 0 Å². The number of nitrogen functional groups attached to an aromatic ring is 1. The van der Waals surface area contributed by atoms with E-state index in [1.807, 2.05) is 0 Å². The van der Waals surface area contributed by atoms with Gasteiger partial charge in [0.1, 0.15) is 17.1 Å². The maximum Gasteiger partial charge on any atom is 0.417 e. The number of aromatic nitrogens is 1. The van der Waals surface area contributed by atoms with E-state index in [0.717, 1.165) is 38.2 Å². The summed E-state index contributed by atoms with van der Waals surface area (Å²) in [6, 6.07) is 7.96. The number of hydrogen-bond acceptors (Lipinski definition) is 5. The zero-order valence-electron chi connectivity index (χ0n) is 16.1. The van der Waals surface area contributed by atoms with Crippen LogP contribution in [0.25, 0.3) is 11.3 Å². The second kappa shape index (κ2) is 7.62. The molecule has 0 bridgehead atoms. The number of oxime groups is 1. The van der Waals surface area contributed by atoms with Crippen LogP contribution in [0.1, 0.15) is 44.1 Å². The maximum absolute atomic E-state index is 13.3. The van der Waals surface area contributed by atoms with Gasteiger partial charge in [-0.1, -0.05) is 29.8 Å². The van der Waals surface area contributed by atoms with Crippen molar-refractivity contribution in [1.29, 1.82) is 0 Å². The zero-order valence-corrected chi connectivity index (χ0v) is 16.1. The van der Waals surface area contributed by atoms with Gasteiger partial charge in [-0.25, -0.2) is 4.98 Å². The molecule has 1 aromatic carbocycles. The zero-order chi connectivity index (χ0) is 21.4. The summed E-state index contributed by atoms with van der Waals surface area (Å²) in [5.74, 6) is -0.529. The molecule has 1 fully saturated rings. The number of benzene rings is 1. The van der Waals surface area contributed by atoms with Crippen molar-refractivity contribution in [3.05, 3.63) is 42.0 Å². The van der Waals surface area contributed by atoms with E-state index in [0.29, 0.717) is 6.42 Å². The molecule has 158 valence electrons. The van der Waals surface area contributed by atoms with Gasteiger partial charge < -0.3 is 15.9 Å². The predicted octanol–water partition coefficient (Wildman–Crippen LogP) is 4.77. The Morgan fingerprint density at radius 2 is 1.83 bits per heavy atom. The lowest BCUT2D eigenvalue weighted by Crippen LogP contribution is -2.34. The van der Waals surface area contributed by atoms with Crippen LogP contribution in [-0.4, -0.2) is 22.2 Å². The highest BCUT2D eigenvalue weighted by molar-refractivity contribution is 6.43. The second-order valence-electron chi connectivity index (χ2n) is 7.68. The molecule has 3 N–H and O–H groups in total. The molecule has 0 radical (unpaired) electrons. The minimum Gasteiger partial charge on any atom is -0.388 e. The van der Waals surface area contributed by atoms with Gasteiger partial charge in [0.15, 0.2) is 0 Å². The highest BCUT2D eigenvalue weighted by atomic mass is 19.4. The summed E-state index contributed by atoms with van der Waals surface area (Å²) < 4.78 is 39.8. The Balaban J connectivity index is 1.50. The summed E-state index contributed by atoms with van der Waals surface area (Å²) in [6.07, 6.45) is 0.885. The highest BCUT2D eigenvalue weighted by Crippen LogP contribution is 2.39.